The largest absolute Gasteiger partial charge is 0.294 e. The molecule has 118 valence electrons. The van der Waals surface area contributed by atoms with Crippen LogP contribution in [0.15, 0.2) is 60.4 Å². The minimum absolute atomic E-state index is 0.241. The summed E-state index contributed by atoms with van der Waals surface area (Å²) in [5, 5.41) is 0. The Balaban J connectivity index is 1.84. The van der Waals surface area contributed by atoms with Crippen LogP contribution in [0.5, 0.6) is 0 Å². The fraction of sp³-hybridized carbons (Fsp3) is 0.300. The predicted molar refractivity (Wildman–Crippen MR) is 92.7 cm³/mol. The van der Waals surface area contributed by atoms with Crippen molar-refractivity contribution in [3.05, 3.63) is 71.6 Å². The number of rotatable bonds is 3. The first-order valence-corrected chi connectivity index (χ1v) is 7.96. The Morgan fingerprint density at radius 2 is 1.96 bits per heavy atom. The van der Waals surface area contributed by atoms with E-state index in [9.17, 15) is 4.79 Å². The maximum absolute atomic E-state index is 12.7. The van der Waals surface area contributed by atoms with Gasteiger partial charge in [0.05, 0.1) is 0 Å². The van der Waals surface area contributed by atoms with Gasteiger partial charge in [-0.25, -0.2) is 0 Å². The fourth-order valence-electron chi connectivity index (χ4n) is 3.16. The van der Waals surface area contributed by atoms with Gasteiger partial charge in [0.2, 0.25) is 0 Å². The Hall–Kier alpha value is -2.26. The number of carbonyl (C=O) groups excluding carboxylic acids is 1. The molecule has 2 heterocycles. The lowest BCUT2D eigenvalue weighted by atomic mass is 9.79. The molecule has 0 N–H and O–H groups in total. The number of piperidine rings is 1. The summed E-state index contributed by atoms with van der Waals surface area (Å²) in [7, 11) is 0. The number of benzene rings is 1. The zero-order valence-corrected chi connectivity index (χ0v) is 13.7. The van der Waals surface area contributed by atoms with Gasteiger partial charge in [-0.15, -0.1) is 0 Å². The number of likely N-dealkylation sites (tertiary alicyclic amines) is 1. The Morgan fingerprint density at radius 1 is 1.17 bits per heavy atom. The molecule has 3 heteroatoms. The van der Waals surface area contributed by atoms with E-state index in [1.807, 2.05) is 38.1 Å². The van der Waals surface area contributed by atoms with Crippen LogP contribution in [-0.4, -0.2) is 28.8 Å². The Kier molecular flexibility index (Phi) is 4.39. The van der Waals surface area contributed by atoms with Gasteiger partial charge in [-0.1, -0.05) is 50.2 Å². The number of hydrogen-bond donors (Lipinski definition) is 0. The molecule has 0 spiro atoms. The maximum atomic E-state index is 12.7. The van der Waals surface area contributed by atoms with Gasteiger partial charge in [-0.2, -0.15) is 0 Å². The quantitative estimate of drug-likeness (QED) is 0.813. The molecule has 0 amide bonds. The molecule has 1 saturated heterocycles. The number of ketones is 1. The van der Waals surface area contributed by atoms with Crippen LogP contribution in [0, 0.1) is 5.41 Å². The molecule has 3 nitrogen and oxygen atoms in total. The Bertz CT molecular complexity index is 705. The van der Waals surface area contributed by atoms with Crippen LogP contribution >= 0.6 is 0 Å². The maximum Gasteiger partial charge on any atom is 0.167 e. The van der Waals surface area contributed by atoms with Crippen molar-refractivity contribution in [3.8, 4) is 0 Å². The van der Waals surface area contributed by atoms with Crippen LogP contribution in [0.4, 0.5) is 0 Å². The number of Topliss-reactive ketones (excluding diaryl/α,β-unsaturated/α-hetero) is 1. The standard InChI is InChI=1S/C20H22N2O/c1-20(2)15-22(13-16-7-4-3-5-8-16)14-18(19(20)23)11-17-9-6-10-21-12-17/h3-12H,13-15H2,1-2H3/b18-11-. The lowest BCUT2D eigenvalue weighted by Crippen LogP contribution is -2.47. The number of hydrogen-bond acceptors (Lipinski definition) is 3. The smallest absolute Gasteiger partial charge is 0.167 e. The van der Waals surface area contributed by atoms with E-state index in [1.54, 1.807) is 12.4 Å². The highest BCUT2D eigenvalue weighted by molar-refractivity contribution is 6.04. The van der Waals surface area contributed by atoms with E-state index < -0.39 is 0 Å². The van der Waals surface area contributed by atoms with E-state index in [-0.39, 0.29) is 11.2 Å². The second kappa shape index (κ2) is 6.47. The molecule has 0 aliphatic carbocycles. The Labute approximate surface area is 137 Å². The van der Waals surface area contributed by atoms with E-state index in [0.29, 0.717) is 6.54 Å². The zero-order valence-electron chi connectivity index (χ0n) is 13.7. The molecule has 0 saturated carbocycles. The average molecular weight is 306 g/mol. The molecule has 0 atom stereocenters. The van der Waals surface area contributed by atoms with Gasteiger partial charge in [0.1, 0.15) is 0 Å². The molecule has 0 bridgehead atoms. The fourth-order valence-corrected chi connectivity index (χ4v) is 3.16. The molecule has 1 aromatic heterocycles. The molecule has 1 fully saturated rings. The second-order valence-electron chi connectivity index (χ2n) is 6.80. The first-order valence-electron chi connectivity index (χ1n) is 7.96. The summed E-state index contributed by atoms with van der Waals surface area (Å²) in [5.41, 5.74) is 2.76. The molecule has 1 aliphatic heterocycles. The van der Waals surface area contributed by atoms with E-state index in [0.717, 1.165) is 24.2 Å². The van der Waals surface area contributed by atoms with Crippen LogP contribution in [0.3, 0.4) is 0 Å². The minimum atomic E-state index is -0.360. The van der Waals surface area contributed by atoms with Crippen LogP contribution < -0.4 is 0 Å². The topological polar surface area (TPSA) is 33.2 Å². The molecular weight excluding hydrogens is 284 g/mol. The number of carbonyl (C=O) groups is 1. The van der Waals surface area contributed by atoms with Gasteiger partial charge >= 0.3 is 0 Å². The van der Waals surface area contributed by atoms with Crippen molar-refractivity contribution < 1.29 is 4.79 Å². The number of aromatic nitrogens is 1. The molecular formula is C20H22N2O. The highest BCUT2D eigenvalue weighted by atomic mass is 16.1. The van der Waals surface area contributed by atoms with Gasteiger partial charge in [0.25, 0.3) is 0 Å². The number of pyridine rings is 1. The highest BCUT2D eigenvalue weighted by Gasteiger charge is 2.37. The van der Waals surface area contributed by atoms with E-state index in [2.05, 4.69) is 34.1 Å². The normalized spacial score (nSPS) is 19.9. The van der Waals surface area contributed by atoms with Gasteiger partial charge in [0, 0.05) is 43.0 Å². The van der Waals surface area contributed by atoms with Crippen molar-refractivity contribution in [1.82, 2.24) is 9.88 Å². The lowest BCUT2D eigenvalue weighted by molar-refractivity contribution is -0.126. The monoisotopic (exact) mass is 306 g/mol. The predicted octanol–water partition coefficient (Wildman–Crippen LogP) is 3.58. The average Bonchev–Trinajstić information content (AvgIpc) is 2.54. The third-order valence-electron chi connectivity index (χ3n) is 4.19. The molecule has 2 aromatic rings. The summed E-state index contributed by atoms with van der Waals surface area (Å²) in [4.78, 5) is 19.2. The van der Waals surface area contributed by atoms with Crippen LogP contribution in [0.25, 0.3) is 6.08 Å². The van der Waals surface area contributed by atoms with E-state index in [1.165, 1.54) is 5.56 Å². The molecule has 1 aliphatic rings. The summed E-state index contributed by atoms with van der Waals surface area (Å²) in [6.07, 6.45) is 5.52. The van der Waals surface area contributed by atoms with Crippen molar-refractivity contribution in [1.29, 1.82) is 0 Å². The van der Waals surface area contributed by atoms with Crippen molar-refractivity contribution in [2.45, 2.75) is 20.4 Å². The van der Waals surface area contributed by atoms with Crippen molar-refractivity contribution in [2.75, 3.05) is 13.1 Å². The first kappa shape index (κ1) is 15.6. The Morgan fingerprint density at radius 3 is 2.65 bits per heavy atom. The van der Waals surface area contributed by atoms with Crippen LogP contribution in [0.2, 0.25) is 0 Å². The molecule has 1 aromatic carbocycles. The minimum Gasteiger partial charge on any atom is -0.294 e. The van der Waals surface area contributed by atoms with E-state index in [4.69, 9.17) is 0 Å². The summed E-state index contributed by atoms with van der Waals surface area (Å²) in [6, 6.07) is 14.3. The zero-order chi connectivity index (χ0) is 16.3. The molecule has 0 unspecified atom stereocenters. The summed E-state index contributed by atoms with van der Waals surface area (Å²) in [6.45, 7) is 6.40. The third kappa shape index (κ3) is 3.74. The first-order chi connectivity index (χ1) is 11.0. The van der Waals surface area contributed by atoms with Crippen molar-refractivity contribution in [3.63, 3.8) is 0 Å². The summed E-state index contributed by atoms with van der Waals surface area (Å²) >= 11 is 0. The van der Waals surface area contributed by atoms with Gasteiger partial charge in [-0.05, 0) is 23.3 Å². The van der Waals surface area contributed by atoms with Crippen LogP contribution in [0.1, 0.15) is 25.0 Å². The second-order valence-corrected chi connectivity index (χ2v) is 6.80. The van der Waals surface area contributed by atoms with Gasteiger partial charge in [0.15, 0.2) is 5.78 Å². The third-order valence-corrected chi connectivity index (χ3v) is 4.19. The molecule has 23 heavy (non-hydrogen) atoms. The lowest BCUT2D eigenvalue weighted by Gasteiger charge is -2.38. The summed E-state index contributed by atoms with van der Waals surface area (Å²) < 4.78 is 0. The van der Waals surface area contributed by atoms with E-state index >= 15 is 0 Å². The highest BCUT2D eigenvalue weighted by Crippen LogP contribution is 2.30. The van der Waals surface area contributed by atoms with Gasteiger partial charge in [-0.3, -0.25) is 14.7 Å². The van der Waals surface area contributed by atoms with Crippen molar-refractivity contribution in [2.24, 2.45) is 5.41 Å². The SMILES string of the molecule is CC1(C)CN(Cc2ccccc2)C/C(=C/c2cccnc2)C1=O. The van der Waals surface area contributed by atoms with Crippen LogP contribution in [-0.2, 0) is 11.3 Å². The molecule has 3 rings (SSSR count). The van der Waals surface area contributed by atoms with Crippen molar-refractivity contribution >= 4 is 11.9 Å². The number of nitrogens with zero attached hydrogens (tertiary/aromatic N) is 2. The summed E-state index contributed by atoms with van der Waals surface area (Å²) in [5.74, 6) is 0.241. The molecule has 0 radical (unpaired) electrons. The van der Waals surface area contributed by atoms with Gasteiger partial charge < -0.3 is 0 Å².